The number of nitrogens with zero attached hydrogens (tertiary/aromatic N) is 5. The van der Waals surface area contributed by atoms with Gasteiger partial charge in [0.2, 0.25) is 0 Å². The molecule has 0 aliphatic heterocycles. The molecule has 1 aromatic carbocycles. The fraction of sp³-hybridized carbons (Fsp3) is 0.353. The number of hydrogen-bond donors (Lipinski definition) is 0. The standard InChI is InChI=1S/C17H17ClF3N5/c1-8(2)9(3)25(4)16-14(13-11(20)5-10(19)6-12(13)21)15(18)24-17-22-7-23-26(16)17/h5-9H,1-4H3. The van der Waals surface area contributed by atoms with Crippen LogP contribution in [0.5, 0.6) is 0 Å². The highest BCUT2D eigenvalue weighted by Crippen LogP contribution is 2.39. The van der Waals surface area contributed by atoms with Crippen LogP contribution in [0.1, 0.15) is 20.8 Å². The van der Waals surface area contributed by atoms with E-state index < -0.39 is 23.0 Å². The molecule has 0 radical (unpaired) electrons. The number of halogens is 4. The maximum atomic E-state index is 14.5. The van der Waals surface area contributed by atoms with Crippen molar-refractivity contribution in [3.8, 4) is 11.1 Å². The van der Waals surface area contributed by atoms with E-state index in [2.05, 4.69) is 15.1 Å². The van der Waals surface area contributed by atoms with Crippen molar-refractivity contribution in [2.24, 2.45) is 5.92 Å². The van der Waals surface area contributed by atoms with E-state index in [1.807, 2.05) is 20.8 Å². The summed E-state index contributed by atoms with van der Waals surface area (Å²) in [5.41, 5.74) is -0.464. The summed E-state index contributed by atoms with van der Waals surface area (Å²) in [5.74, 6) is -2.42. The molecule has 1 unspecified atom stereocenters. The van der Waals surface area contributed by atoms with Gasteiger partial charge < -0.3 is 4.90 Å². The lowest BCUT2D eigenvalue weighted by molar-refractivity contribution is 0.499. The second kappa shape index (κ2) is 6.75. The Morgan fingerprint density at radius 1 is 1.08 bits per heavy atom. The van der Waals surface area contributed by atoms with E-state index in [-0.39, 0.29) is 28.5 Å². The fourth-order valence-corrected chi connectivity index (χ4v) is 3.02. The fourth-order valence-electron chi connectivity index (χ4n) is 2.76. The molecular weight excluding hydrogens is 367 g/mol. The average Bonchev–Trinajstić information content (AvgIpc) is 3.00. The van der Waals surface area contributed by atoms with Gasteiger partial charge >= 0.3 is 0 Å². The van der Waals surface area contributed by atoms with Crippen LogP contribution in [0.4, 0.5) is 19.0 Å². The number of aromatic nitrogens is 4. The van der Waals surface area contributed by atoms with Crippen molar-refractivity contribution in [3.63, 3.8) is 0 Å². The zero-order valence-corrected chi connectivity index (χ0v) is 15.4. The van der Waals surface area contributed by atoms with Crippen LogP contribution in [0.2, 0.25) is 5.15 Å². The van der Waals surface area contributed by atoms with Gasteiger partial charge in [-0.25, -0.2) is 13.2 Å². The van der Waals surface area contributed by atoms with Gasteiger partial charge in [0.25, 0.3) is 5.78 Å². The predicted molar refractivity (Wildman–Crippen MR) is 93.8 cm³/mol. The van der Waals surface area contributed by atoms with Crippen LogP contribution < -0.4 is 4.90 Å². The first-order valence-corrected chi connectivity index (χ1v) is 8.37. The van der Waals surface area contributed by atoms with E-state index in [0.29, 0.717) is 18.0 Å². The monoisotopic (exact) mass is 383 g/mol. The summed E-state index contributed by atoms with van der Waals surface area (Å²) in [5, 5.41) is 3.96. The van der Waals surface area contributed by atoms with Gasteiger partial charge in [-0.15, -0.1) is 0 Å². The molecule has 0 N–H and O–H groups in total. The summed E-state index contributed by atoms with van der Waals surface area (Å²) in [6.07, 6.45) is 1.27. The molecule has 2 aromatic heterocycles. The Balaban J connectivity index is 2.39. The third-order valence-corrected chi connectivity index (χ3v) is 4.80. The topological polar surface area (TPSA) is 46.3 Å². The molecule has 0 fully saturated rings. The maximum Gasteiger partial charge on any atom is 0.255 e. The number of benzene rings is 1. The zero-order valence-electron chi connectivity index (χ0n) is 14.6. The Morgan fingerprint density at radius 2 is 1.69 bits per heavy atom. The number of hydrogen-bond acceptors (Lipinski definition) is 4. The van der Waals surface area contributed by atoms with E-state index in [1.54, 1.807) is 11.9 Å². The molecule has 9 heteroatoms. The van der Waals surface area contributed by atoms with Gasteiger partial charge in [0.15, 0.2) is 0 Å². The molecule has 0 aliphatic rings. The summed E-state index contributed by atoms with van der Waals surface area (Å²) >= 11 is 6.27. The van der Waals surface area contributed by atoms with Crippen LogP contribution in [-0.2, 0) is 0 Å². The largest absolute Gasteiger partial charge is 0.356 e. The second-order valence-electron chi connectivity index (χ2n) is 6.41. The first-order chi connectivity index (χ1) is 12.2. The SMILES string of the molecule is CC(C)C(C)N(C)c1c(-c2c(F)cc(F)cc2F)c(Cl)nc2ncnn12. The molecule has 0 bridgehead atoms. The summed E-state index contributed by atoms with van der Waals surface area (Å²) in [7, 11) is 1.76. The molecule has 1 atom stereocenters. The van der Waals surface area contributed by atoms with Gasteiger partial charge in [0, 0.05) is 25.2 Å². The quantitative estimate of drug-likeness (QED) is 0.629. The molecule has 0 aliphatic carbocycles. The van der Waals surface area contributed by atoms with Crippen molar-refractivity contribution in [1.29, 1.82) is 0 Å². The molecule has 3 aromatic rings. The van der Waals surface area contributed by atoms with E-state index >= 15 is 0 Å². The van der Waals surface area contributed by atoms with Crippen LogP contribution in [0.15, 0.2) is 18.5 Å². The molecule has 0 spiro atoms. The number of anilines is 1. The van der Waals surface area contributed by atoms with Crippen molar-refractivity contribution in [1.82, 2.24) is 19.6 Å². The van der Waals surface area contributed by atoms with E-state index in [4.69, 9.17) is 11.6 Å². The predicted octanol–water partition coefficient (Wildman–Crippen LogP) is 4.34. The van der Waals surface area contributed by atoms with Crippen molar-refractivity contribution in [3.05, 3.63) is 41.1 Å². The number of rotatable bonds is 4. The van der Waals surface area contributed by atoms with Crippen LogP contribution >= 0.6 is 11.6 Å². The van der Waals surface area contributed by atoms with Gasteiger partial charge in [0.05, 0.1) is 11.1 Å². The lowest BCUT2D eigenvalue weighted by Crippen LogP contribution is -2.35. The van der Waals surface area contributed by atoms with Crippen LogP contribution in [0.25, 0.3) is 16.9 Å². The Labute approximate surface area is 153 Å². The summed E-state index contributed by atoms with van der Waals surface area (Å²) in [6, 6.07) is 1.19. The van der Waals surface area contributed by atoms with Crippen LogP contribution in [0, 0.1) is 23.4 Å². The van der Waals surface area contributed by atoms with Crippen LogP contribution in [-0.4, -0.2) is 32.7 Å². The highest BCUT2D eigenvalue weighted by atomic mass is 35.5. The van der Waals surface area contributed by atoms with Gasteiger partial charge in [0.1, 0.15) is 34.7 Å². The molecule has 2 heterocycles. The molecular formula is C17H17ClF3N5. The zero-order chi connectivity index (χ0) is 19.2. The van der Waals surface area contributed by atoms with E-state index in [1.165, 1.54) is 10.8 Å². The summed E-state index contributed by atoms with van der Waals surface area (Å²) < 4.78 is 43.7. The lowest BCUT2D eigenvalue weighted by atomic mass is 10.0. The highest BCUT2D eigenvalue weighted by Gasteiger charge is 2.28. The van der Waals surface area contributed by atoms with E-state index in [0.717, 1.165) is 0 Å². The maximum absolute atomic E-state index is 14.5. The molecule has 0 saturated carbocycles. The lowest BCUT2D eigenvalue weighted by Gasteiger charge is -2.31. The molecule has 138 valence electrons. The molecule has 26 heavy (non-hydrogen) atoms. The second-order valence-corrected chi connectivity index (χ2v) is 6.77. The average molecular weight is 384 g/mol. The van der Waals surface area contributed by atoms with Gasteiger partial charge in [-0.05, 0) is 12.8 Å². The minimum absolute atomic E-state index is 0.00494. The van der Waals surface area contributed by atoms with Crippen LogP contribution in [0.3, 0.4) is 0 Å². The summed E-state index contributed by atoms with van der Waals surface area (Å²) in [4.78, 5) is 9.87. The Bertz CT molecular complexity index is 949. The summed E-state index contributed by atoms with van der Waals surface area (Å²) in [6.45, 7) is 5.99. The molecule has 3 rings (SSSR count). The van der Waals surface area contributed by atoms with Crippen molar-refractivity contribution >= 4 is 23.2 Å². The molecule has 5 nitrogen and oxygen atoms in total. The van der Waals surface area contributed by atoms with Gasteiger partial charge in [-0.2, -0.15) is 19.6 Å². The molecule has 0 saturated heterocycles. The first kappa shape index (κ1) is 18.4. The van der Waals surface area contributed by atoms with Gasteiger partial charge in [-0.3, -0.25) is 0 Å². The van der Waals surface area contributed by atoms with E-state index in [9.17, 15) is 13.2 Å². The minimum atomic E-state index is -1.07. The molecule has 0 amide bonds. The highest BCUT2D eigenvalue weighted by molar-refractivity contribution is 6.33. The Morgan fingerprint density at radius 3 is 2.27 bits per heavy atom. The Kier molecular flexibility index (Phi) is 4.79. The van der Waals surface area contributed by atoms with Crippen molar-refractivity contribution < 1.29 is 13.2 Å². The van der Waals surface area contributed by atoms with Crippen molar-refractivity contribution in [2.45, 2.75) is 26.8 Å². The third-order valence-electron chi connectivity index (χ3n) is 4.53. The first-order valence-electron chi connectivity index (χ1n) is 7.99. The number of fused-ring (bicyclic) bond motifs is 1. The smallest absolute Gasteiger partial charge is 0.255 e. The van der Waals surface area contributed by atoms with Gasteiger partial charge in [-0.1, -0.05) is 25.4 Å². The van der Waals surface area contributed by atoms with Crippen molar-refractivity contribution in [2.75, 3.05) is 11.9 Å². The third kappa shape index (κ3) is 2.98. The minimum Gasteiger partial charge on any atom is -0.356 e. The normalized spacial score (nSPS) is 12.8. The Hall–Kier alpha value is -2.35.